The van der Waals surface area contributed by atoms with Crippen LogP contribution in [0.15, 0.2) is 18.2 Å². The first-order chi connectivity index (χ1) is 13.5. The molecule has 0 aromatic heterocycles. The van der Waals surface area contributed by atoms with Gasteiger partial charge >= 0.3 is 12.1 Å². The van der Waals surface area contributed by atoms with Gasteiger partial charge in [0.15, 0.2) is 5.54 Å². The Morgan fingerprint density at radius 2 is 2.00 bits per heavy atom. The van der Waals surface area contributed by atoms with Gasteiger partial charge in [-0.05, 0) is 44.4 Å². The normalized spacial score (nSPS) is 21.0. The number of nitrogens with one attached hydrogen (secondary N) is 3. The van der Waals surface area contributed by atoms with Gasteiger partial charge in [0.1, 0.15) is 5.60 Å². The number of carbonyl (C=O) groups is 4. The molecule has 1 aromatic rings. The summed E-state index contributed by atoms with van der Waals surface area (Å²) in [7, 11) is 0. The Labute approximate surface area is 169 Å². The number of alkyl carbamates (subject to hydrolysis) is 1. The summed E-state index contributed by atoms with van der Waals surface area (Å²) >= 11 is 0. The second-order valence-electron chi connectivity index (χ2n) is 8.35. The average Bonchev–Trinajstić information content (AvgIpc) is 3.07. The SMILES string of the molecule is CCc1ccc2c(c1)CN(CC1(CNC(=O)OC(C)(C)C)NC(=O)NC1=O)C2=O. The second kappa shape index (κ2) is 7.38. The number of rotatable bonds is 5. The number of imide groups is 1. The van der Waals surface area contributed by atoms with Gasteiger partial charge in [-0.3, -0.25) is 14.9 Å². The van der Waals surface area contributed by atoms with E-state index in [4.69, 9.17) is 4.74 Å². The topological polar surface area (TPSA) is 117 Å². The van der Waals surface area contributed by atoms with E-state index in [1.165, 1.54) is 4.90 Å². The number of hydrogen-bond acceptors (Lipinski definition) is 5. The number of ether oxygens (including phenoxy) is 1. The molecule has 0 radical (unpaired) electrons. The minimum atomic E-state index is -1.47. The molecule has 0 bridgehead atoms. The summed E-state index contributed by atoms with van der Waals surface area (Å²) in [5.41, 5.74) is 0.407. The van der Waals surface area contributed by atoms with Crippen LogP contribution in [0.5, 0.6) is 0 Å². The summed E-state index contributed by atoms with van der Waals surface area (Å²) in [5.74, 6) is -0.815. The van der Waals surface area contributed by atoms with E-state index in [9.17, 15) is 19.2 Å². The van der Waals surface area contributed by atoms with Gasteiger partial charge in [0.25, 0.3) is 11.8 Å². The molecule has 156 valence electrons. The predicted octanol–water partition coefficient (Wildman–Crippen LogP) is 1.31. The first-order valence-corrected chi connectivity index (χ1v) is 9.54. The van der Waals surface area contributed by atoms with Crippen LogP contribution in [0.3, 0.4) is 0 Å². The smallest absolute Gasteiger partial charge is 0.407 e. The fraction of sp³-hybridized carbons (Fsp3) is 0.500. The zero-order chi connectivity index (χ0) is 21.4. The van der Waals surface area contributed by atoms with Crippen molar-refractivity contribution in [2.24, 2.45) is 0 Å². The van der Waals surface area contributed by atoms with Gasteiger partial charge in [0, 0.05) is 12.1 Å². The summed E-state index contributed by atoms with van der Waals surface area (Å²) in [6.45, 7) is 7.24. The number of nitrogens with zero attached hydrogens (tertiary/aromatic N) is 1. The molecule has 5 amide bonds. The molecule has 0 aliphatic carbocycles. The van der Waals surface area contributed by atoms with Crippen LogP contribution in [0, 0.1) is 0 Å². The van der Waals surface area contributed by atoms with Crippen LogP contribution in [0.25, 0.3) is 0 Å². The van der Waals surface area contributed by atoms with Crippen LogP contribution in [0.1, 0.15) is 49.2 Å². The number of fused-ring (bicyclic) bond motifs is 1. The third-order valence-corrected chi connectivity index (χ3v) is 4.87. The summed E-state index contributed by atoms with van der Waals surface area (Å²) in [5, 5.41) is 7.28. The summed E-state index contributed by atoms with van der Waals surface area (Å²) in [6.07, 6.45) is 0.137. The fourth-order valence-electron chi connectivity index (χ4n) is 3.46. The Morgan fingerprint density at radius 1 is 1.28 bits per heavy atom. The second-order valence-corrected chi connectivity index (χ2v) is 8.35. The molecule has 29 heavy (non-hydrogen) atoms. The minimum absolute atomic E-state index is 0.0741. The van der Waals surface area contributed by atoms with E-state index in [0.29, 0.717) is 12.1 Å². The maximum absolute atomic E-state index is 12.8. The molecule has 2 aliphatic heterocycles. The molecule has 0 saturated carbocycles. The molecule has 9 heteroatoms. The highest BCUT2D eigenvalue weighted by Gasteiger charge is 2.49. The van der Waals surface area contributed by atoms with Crippen molar-refractivity contribution in [3.05, 3.63) is 34.9 Å². The largest absolute Gasteiger partial charge is 0.444 e. The molecule has 3 N–H and O–H groups in total. The molecular weight excluding hydrogens is 376 g/mol. The Balaban J connectivity index is 1.77. The molecule has 1 fully saturated rings. The van der Waals surface area contributed by atoms with Crippen molar-refractivity contribution in [2.75, 3.05) is 13.1 Å². The first-order valence-electron chi connectivity index (χ1n) is 9.54. The molecule has 1 unspecified atom stereocenters. The van der Waals surface area contributed by atoms with Crippen LogP contribution in [-0.4, -0.2) is 53.1 Å². The zero-order valence-corrected chi connectivity index (χ0v) is 17.0. The molecule has 0 spiro atoms. The molecule has 1 saturated heterocycles. The maximum Gasteiger partial charge on any atom is 0.407 e. The van der Waals surface area contributed by atoms with Gasteiger partial charge in [-0.25, -0.2) is 9.59 Å². The Bertz CT molecular complexity index is 876. The average molecular weight is 402 g/mol. The lowest BCUT2D eigenvalue weighted by atomic mass is 9.99. The monoisotopic (exact) mass is 402 g/mol. The van der Waals surface area contributed by atoms with Gasteiger partial charge < -0.3 is 20.3 Å². The molecule has 2 heterocycles. The number of aryl methyl sites for hydroxylation is 1. The van der Waals surface area contributed by atoms with E-state index in [1.54, 1.807) is 26.8 Å². The third kappa shape index (κ3) is 4.33. The van der Waals surface area contributed by atoms with Gasteiger partial charge in [-0.1, -0.05) is 19.1 Å². The van der Waals surface area contributed by atoms with Crippen molar-refractivity contribution in [1.82, 2.24) is 20.9 Å². The van der Waals surface area contributed by atoms with Crippen molar-refractivity contribution < 1.29 is 23.9 Å². The van der Waals surface area contributed by atoms with E-state index in [1.807, 2.05) is 19.1 Å². The third-order valence-electron chi connectivity index (χ3n) is 4.87. The van der Waals surface area contributed by atoms with Gasteiger partial charge in [-0.15, -0.1) is 0 Å². The van der Waals surface area contributed by atoms with Gasteiger partial charge in [0.05, 0.1) is 13.1 Å². The molecule has 3 rings (SSSR count). The highest BCUT2D eigenvalue weighted by Crippen LogP contribution is 2.26. The predicted molar refractivity (Wildman–Crippen MR) is 104 cm³/mol. The van der Waals surface area contributed by atoms with Crippen LogP contribution < -0.4 is 16.0 Å². The number of amides is 5. The van der Waals surface area contributed by atoms with E-state index in [-0.39, 0.29) is 19.0 Å². The lowest BCUT2D eigenvalue weighted by Gasteiger charge is -2.31. The standard InChI is InChI=1S/C20H26N4O5/c1-5-12-6-7-14-13(8-12)9-24(15(14)25)11-20(16(26)22-17(27)23-20)10-21-18(28)29-19(2,3)4/h6-8H,5,9-11H2,1-4H3,(H,21,28)(H2,22,23,26,27). The quantitative estimate of drug-likeness (QED) is 0.642. The van der Waals surface area contributed by atoms with Gasteiger partial charge in [0.2, 0.25) is 0 Å². The van der Waals surface area contributed by atoms with Crippen molar-refractivity contribution >= 4 is 23.9 Å². The van der Waals surface area contributed by atoms with E-state index >= 15 is 0 Å². The van der Waals surface area contributed by atoms with E-state index in [0.717, 1.165) is 17.5 Å². The molecule has 1 aromatic carbocycles. The molecule has 9 nitrogen and oxygen atoms in total. The van der Waals surface area contributed by atoms with Crippen molar-refractivity contribution in [1.29, 1.82) is 0 Å². The Kier molecular flexibility index (Phi) is 5.25. The number of benzene rings is 1. The molecule has 2 aliphatic rings. The number of carbonyl (C=O) groups excluding carboxylic acids is 4. The number of urea groups is 1. The van der Waals surface area contributed by atoms with E-state index < -0.39 is 29.2 Å². The van der Waals surface area contributed by atoms with Gasteiger partial charge in [-0.2, -0.15) is 0 Å². The number of hydrogen-bond donors (Lipinski definition) is 3. The lowest BCUT2D eigenvalue weighted by Crippen LogP contribution is -2.61. The molecule has 1 atom stereocenters. The Morgan fingerprint density at radius 3 is 2.59 bits per heavy atom. The summed E-state index contributed by atoms with van der Waals surface area (Å²) in [6, 6.07) is 5.00. The summed E-state index contributed by atoms with van der Waals surface area (Å²) < 4.78 is 5.20. The van der Waals surface area contributed by atoms with Crippen molar-refractivity contribution in [3.63, 3.8) is 0 Å². The van der Waals surface area contributed by atoms with Crippen molar-refractivity contribution in [2.45, 2.75) is 51.8 Å². The zero-order valence-electron chi connectivity index (χ0n) is 17.0. The van der Waals surface area contributed by atoms with Crippen LogP contribution in [0.4, 0.5) is 9.59 Å². The maximum atomic E-state index is 12.8. The highest BCUT2D eigenvalue weighted by molar-refractivity contribution is 6.08. The lowest BCUT2D eigenvalue weighted by molar-refractivity contribution is -0.124. The Hall–Kier alpha value is -3.10. The fourth-order valence-corrected chi connectivity index (χ4v) is 3.46. The van der Waals surface area contributed by atoms with E-state index in [2.05, 4.69) is 16.0 Å². The molecular formula is C20H26N4O5. The van der Waals surface area contributed by atoms with Crippen LogP contribution in [0.2, 0.25) is 0 Å². The van der Waals surface area contributed by atoms with Crippen LogP contribution >= 0.6 is 0 Å². The summed E-state index contributed by atoms with van der Waals surface area (Å²) in [4.78, 5) is 50.7. The van der Waals surface area contributed by atoms with Crippen LogP contribution in [-0.2, 0) is 22.5 Å². The highest BCUT2D eigenvalue weighted by atomic mass is 16.6. The van der Waals surface area contributed by atoms with Crippen molar-refractivity contribution in [3.8, 4) is 0 Å². The minimum Gasteiger partial charge on any atom is -0.444 e. The first kappa shape index (κ1) is 20.6.